The van der Waals surface area contributed by atoms with E-state index >= 15 is 0 Å². The van der Waals surface area contributed by atoms with Crippen LogP contribution in [0.3, 0.4) is 0 Å². The van der Waals surface area contributed by atoms with Crippen LogP contribution in [0.15, 0.2) is 29.3 Å². The second kappa shape index (κ2) is 5.51. The van der Waals surface area contributed by atoms with Gasteiger partial charge in [-0.15, -0.1) is 11.3 Å². The summed E-state index contributed by atoms with van der Waals surface area (Å²) in [6.07, 6.45) is 1.46. The first-order valence-corrected chi connectivity index (χ1v) is 8.41. The monoisotopic (exact) mass is 311 g/mol. The molecular formula is C13H17N3O2S2. The van der Waals surface area contributed by atoms with Gasteiger partial charge in [-0.25, -0.2) is 18.1 Å². The number of anilines is 1. The number of hydrogen-bond acceptors (Lipinski definition) is 5. The van der Waals surface area contributed by atoms with Gasteiger partial charge in [0.05, 0.1) is 0 Å². The molecule has 0 radical (unpaired) electrons. The Morgan fingerprint density at radius 2 is 2.10 bits per heavy atom. The van der Waals surface area contributed by atoms with E-state index in [9.17, 15) is 8.42 Å². The Morgan fingerprint density at radius 1 is 1.40 bits per heavy atom. The molecule has 0 aliphatic heterocycles. The average molecular weight is 311 g/mol. The number of nitrogens with two attached hydrogens (primary N) is 1. The van der Waals surface area contributed by atoms with Crippen molar-refractivity contribution in [1.29, 1.82) is 0 Å². The summed E-state index contributed by atoms with van der Waals surface area (Å²) in [4.78, 5) is 6.08. The van der Waals surface area contributed by atoms with Gasteiger partial charge in [0.25, 0.3) is 0 Å². The Bertz CT molecular complexity index is 723. The van der Waals surface area contributed by atoms with E-state index in [-0.39, 0.29) is 16.8 Å². The maximum Gasteiger partial charge on any atom is 0.244 e. The van der Waals surface area contributed by atoms with Crippen LogP contribution in [0.4, 0.5) is 5.82 Å². The molecule has 0 saturated carbocycles. The second-order valence-electron chi connectivity index (χ2n) is 4.60. The number of thiophene rings is 1. The van der Waals surface area contributed by atoms with Crippen molar-refractivity contribution in [2.24, 2.45) is 0 Å². The summed E-state index contributed by atoms with van der Waals surface area (Å²) >= 11 is 1.65. The summed E-state index contributed by atoms with van der Waals surface area (Å²) in [5, 5.41) is 0. The molecule has 1 atom stereocenters. The summed E-state index contributed by atoms with van der Waals surface area (Å²) in [6.45, 7) is 5.80. The maximum atomic E-state index is 12.3. The van der Waals surface area contributed by atoms with Crippen molar-refractivity contribution in [3.63, 3.8) is 0 Å². The number of pyridine rings is 1. The molecule has 7 heteroatoms. The molecule has 2 aromatic heterocycles. The zero-order chi connectivity index (χ0) is 14.9. The third kappa shape index (κ3) is 3.00. The van der Waals surface area contributed by atoms with Crippen molar-refractivity contribution < 1.29 is 8.42 Å². The van der Waals surface area contributed by atoms with E-state index in [0.717, 1.165) is 15.3 Å². The van der Waals surface area contributed by atoms with Crippen LogP contribution in [0.25, 0.3) is 0 Å². The quantitative estimate of drug-likeness (QED) is 0.908. The Labute approximate surface area is 122 Å². The first-order valence-electron chi connectivity index (χ1n) is 6.11. The standard InChI is InChI=1S/C13H17N3O2S2/c1-8-7-11(10(3)19-8)9(2)16-20(17,18)12-5-4-6-15-13(12)14/h4-7,9,16H,1-3H3,(H2,14,15). The van der Waals surface area contributed by atoms with Crippen LogP contribution in [-0.4, -0.2) is 13.4 Å². The van der Waals surface area contributed by atoms with Crippen molar-refractivity contribution in [2.75, 3.05) is 5.73 Å². The van der Waals surface area contributed by atoms with Crippen LogP contribution in [-0.2, 0) is 10.0 Å². The minimum Gasteiger partial charge on any atom is -0.383 e. The third-order valence-corrected chi connectivity index (χ3v) is 5.54. The van der Waals surface area contributed by atoms with Crippen molar-refractivity contribution >= 4 is 27.2 Å². The first kappa shape index (κ1) is 15.0. The smallest absolute Gasteiger partial charge is 0.244 e. The molecular weight excluding hydrogens is 294 g/mol. The van der Waals surface area contributed by atoms with E-state index in [4.69, 9.17) is 5.73 Å². The fraction of sp³-hybridized carbons (Fsp3) is 0.308. The van der Waals surface area contributed by atoms with E-state index in [2.05, 4.69) is 9.71 Å². The molecule has 0 spiro atoms. The van der Waals surface area contributed by atoms with Crippen LogP contribution >= 0.6 is 11.3 Å². The molecule has 2 aromatic rings. The summed E-state index contributed by atoms with van der Waals surface area (Å²) < 4.78 is 27.3. The lowest BCUT2D eigenvalue weighted by molar-refractivity contribution is 0.567. The number of aryl methyl sites for hydroxylation is 2. The lowest BCUT2D eigenvalue weighted by Crippen LogP contribution is -2.27. The number of nitrogen functional groups attached to an aromatic ring is 1. The predicted molar refractivity (Wildman–Crippen MR) is 81.2 cm³/mol. The Balaban J connectivity index is 2.29. The van der Waals surface area contributed by atoms with Gasteiger partial charge in [0, 0.05) is 22.0 Å². The minimum atomic E-state index is -3.68. The third-order valence-electron chi connectivity index (χ3n) is 2.97. The second-order valence-corrected chi connectivity index (χ2v) is 7.74. The van der Waals surface area contributed by atoms with Crippen molar-refractivity contribution in [1.82, 2.24) is 9.71 Å². The molecule has 0 amide bonds. The summed E-state index contributed by atoms with van der Waals surface area (Å²) in [5.74, 6) is 0.00502. The van der Waals surface area contributed by atoms with Gasteiger partial charge in [-0.05, 0) is 44.5 Å². The van der Waals surface area contributed by atoms with Crippen LogP contribution in [0.2, 0.25) is 0 Å². The van der Waals surface area contributed by atoms with E-state index in [1.807, 2.05) is 26.8 Å². The van der Waals surface area contributed by atoms with Crippen LogP contribution < -0.4 is 10.5 Å². The van der Waals surface area contributed by atoms with Gasteiger partial charge >= 0.3 is 0 Å². The molecule has 2 rings (SSSR count). The van der Waals surface area contributed by atoms with Crippen molar-refractivity contribution in [2.45, 2.75) is 31.7 Å². The van der Waals surface area contributed by atoms with Gasteiger partial charge in [0.15, 0.2) is 0 Å². The van der Waals surface area contributed by atoms with Gasteiger partial charge in [0.1, 0.15) is 10.7 Å². The fourth-order valence-electron chi connectivity index (χ4n) is 2.07. The fourth-order valence-corrected chi connectivity index (χ4v) is 4.40. The molecule has 0 bridgehead atoms. The van der Waals surface area contributed by atoms with E-state index in [1.54, 1.807) is 17.4 Å². The number of hydrogen-bond donors (Lipinski definition) is 2. The molecule has 3 N–H and O–H groups in total. The molecule has 0 aliphatic rings. The van der Waals surface area contributed by atoms with Crippen LogP contribution in [0, 0.1) is 13.8 Å². The highest BCUT2D eigenvalue weighted by Crippen LogP contribution is 2.27. The van der Waals surface area contributed by atoms with Crippen molar-refractivity contribution in [3.05, 3.63) is 39.7 Å². The van der Waals surface area contributed by atoms with Crippen LogP contribution in [0.1, 0.15) is 28.3 Å². The molecule has 5 nitrogen and oxygen atoms in total. The summed E-state index contributed by atoms with van der Waals surface area (Å²) in [5.41, 5.74) is 6.61. The van der Waals surface area contributed by atoms with Gasteiger partial charge in [-0.1, -0.05) is 0 Å². The molecule has 0 fully saturated rings. The number of rotatable bonds is 4. The topological polar surface area (TPSA) is 85.1 Å². The average Bonchev–Trinajstić information content (AvgIpc) is 2.68. The molecule has 2 heterocycles. The Hall–Kier alpha value is -1.44. The highest BCUT2D eigenvalue weighted by atomic mass is 32.2. The molecule has 0 aromatic carbocycles. The number of nitrogens with zero attached hydrogens (tertiary/aromatic N) is 1. The van der Waals surface area contributed by atoms with Gasteiger partial charge in [-0.3, -0.25) is 0 Å². The normalized spacial score (nSPS) is 13.3. The zero-order valence-corrected chi connectivity index (χ0v) is 13.2. The number of sulfonamides is 1. The minimum absolute atomic E-state index is 0.00502. The highest BCUT2D eigenvalue weighted by Gasteiger charge is 2.22. The van der Waals surface area contributed by atoms with Crippen molar-refractivity contribution in [3.8, 4) is 0 Å². The molecule has 0 saturated heterocycles. The maximum absolute atomic E-state index is 12.3. The van der Waals surface area contributed by atoms with Gasteiger partial charge in [-0.2, -0.15) is 0 Å². The Kier molecular flexibility index (Phi) is 4.12. The SMILES string of the molecule is Cc1cc(C(C)NS(=O)(=O)c2cccnc2N)c(C)s1. The molecule has 0 aliphatic carbocycles. The summed E-state index contributed by atoms with van der Waals surface area (Å²) in [6, 6.07) is 4.68. The van der Waals surface area contributed by atoms with Gasteiger partial charge < -0.3 is 5.73 Å². The van der Waals surface area contributed by atoms with Crippen LogP contribution in [0.5, 0.6) is 0 Å². The van der Waals surface area contributed by atoms with E-state index in [1.165, 1.54) is 12.3 Å². The number of aromatic nitrogens is 1. The Morgan fingerprint density at radius 3 is 2.65 bits per heavy atom. The zero-order valence-electron chi connectivity index (χ0n) is 11.5. The van der Waals surface area contributed by atoms with E-state index in [0.29, 0.717) is 0 Å². The molecule has 1 unspecified atom stereocenters. The number of nitrogens with one attached hydrogen (secondary N) is 1. The highest BCUT2D eigenvalue weighted by molar-refractivity contribution is 7.89. The molecule has 20 heavy (non-hydrogen) atoms. The van der Waals surface area contributed by atoms with Gasteiger partial charge in [0.2, 0.25) is 10.0 Å². The lowest BCUT2D eigenvalue weighted by atomic mass is 10.1. The predicted octanol–water partition coefficient (Wildman–Crippen LogP) is 2.38. The first-order chi connectivity index (χ1) is 9.31. The van der Waals surface area contributed by atoms with E-state index < -0.39 is 10.0 Å². The largest absolute Gasteiger partial charge is 0.383 e. The molecule has 108 valence electrons. The lowest BCUT2D eigenvalue weighted by Gasteiger charge is -2.15. The summed E-state index contributed by atoms with van der Waals surface area (Å²) in [7, 11) is -3.68.